The molecular formula is C27H19NO5. The summed E-state index contributed by atoms with van der Waals surface area (Å²) in [7, 11) is 0. The fraction of sp³-hybridized carbons (Fsp3) is 0.185. The number of carbonyl (C=O) groups is 4. The van der Waals surface area contributed by atoms with Crippen molar-refractivity contribution < 1.29 is 23.9 Å². The van der Waals surface area contributed by atoms with Crippen molar-refractivity contribution in [2.45, 2.75) is 18.6 Å². The highest BCUT2D eigenvalue weighted by molar-refractivity contribution is 6.37. The Hall–Kier alpha value is -3.90. The van der Waals surface area contributed by atoms with Crippen LogP contribution in [0.5, 0.6) is 0 Å². The Morgan fingerprint density at radius 1 is 0.758 bits per heavy atom. The summed E-state index contributed by atoms with van der Waals surface area (Å²) in [5.41, 5.74) is 0.370. The lowest BCUT2D eigenvalue weighted by Crippen LogP contribution is -2.51. The molecule has 0 aromatic heterocycles. The van der Waals surface area contributed by atoms with Gasteiger partial charge >= 0.3 is 0 Å². The van der Waals surface area contributed by atoms with Crippen LogP contribution in [-0.2, 0) is 14.3 Å². The van der Waals surface area contributed by atoms with Gasteiger partial charge in [0.05, 0.1) is 23.6 Å². The van der Waals surface area contributed by atoms with E-state index < -0.39 is 46.9 Å². The van der Waals surface area contributed by atoms with Gasteiger partial charge in [0.25, 0.3) is 0 Å². The van der Waals surface area contributed by atoms with Crippen LogP contribution in [0.2, 0.25) is 0 Å². The van der Waals surface area contributed by atoms with Crippen LogP contribution in [0, 0.1) is 18.8 Å². The zero-order valence-electron chi connectivity index (χ0n) is 17.7. The van der Waals surface area contributed by atoms with Crippen LogP contribution < -0.4 is 4.90 Å². The van der Waals surface area contributed by atoms with Gasteiger partial charge in [-0.15, -0.1) is 0 Å². The van der Waals surface area contributed by atoms with Gasteiger partial charge < -0.3 is 4.74 Å². The van der Waals surface area contributed by atoms with E-state index in [1.54, 1.807) is 66.7 Å². The van der Waals surface area contributed by atoms with Gasteiger partial charge in [0.2, 0.25) is 29.0 Å². The van der Waals surface area contributed by atoms with Gasteiger partial charge in [-0.2, -0.15) is 0 Å². The Labute approximate surface area is 189 Å². The van der Waals surface area contributed by atoms with E-state index in [2.05, 4.69) is 0 Å². The highest BCUT2D eigenvalue weighted by Crippen LogP contribution is 2.57. The smallest absolute Gasteiger partial charge is 0.241 e. The Morgan fingerprint density at radius 2 is 1.39 bits per heavy atom. The standard InChI is InChI=1S/C27H19NO5/c1-15-8-7-11-17(14-15)28-25(31)20-21(26(28)32)27(33-22(20)16-9-3-2-4-10-16)23(29)18-12-5-6-13-19(18)24(27)30/h2-14,20-22H,1H3/t20-,21-,22+/m0/s1. The molecule has 0 N–H and O–H groups in total. The maximum atomic E-state index is 13.8. The van der Waals surface area contributed by atoms with Crippen molar-refractivity contribution in [3.63, 3.8) is 0 Å². The predicted octanol–water partition coefficient (Wildman–Crippen LogP) is 3.69. The molecule has 2 fully saturated rings. The summed E-state index contributed by atoms with van der Waals surface area (Å²) in [6.07, 6.45) is -0.898. The fourth-order valence-corrected chi connectivity index (χ4v) is 5.48. The molecule has 0 bridgehead atoms. The normalized spacial score (nSPS) is 25.1. The first kappa shape index (κ1) is 19.8. The number of carbonyl (C=O) groups excluding carboxylic acids is 4. The number of amides is 2. The summed E-state index contributed by atoms with van der Waals surface area (Å²) < 4.78 is 6.25. The number of ketones is 2. The van der Waals surface area contributed by atoms with E-state index in [0.29, 0.717) is 11.3 Å². The van der Waals surface area contributed by atoms with Crippen molar-refractivity contribution in [2.24, 2.45) is 11.8 Å². The molecule has 3 aliphatic rings. The molecule has 6 rings (SSSR count). The zero-order valence-corrected chi connectivity index (χ0v) is 17.7. The van der Waals surface area contributed by atoms with Crippen LogP contribution in [0.25, 0.3) is 0 Å². The number of hydrogen-bond acceptors (Lipinski definition) is 5. The zero-order chi connectivity index (χ0) is 22.9. The number of hydrogen-bond donors (Lipinski definition) is 0. The lowest BCUT2D eigenvalue weighted by atomic mass is 9.77. The largest absolute Gasteiger partial charge is 0.349 e. The molecule has 1 aliphatic carbocycles. The minimum absolute atomic E-state index is 0.226. The molecule has 2 saturated heterocycles. The molecule has 33 heavy (non-hydrogen) atoms. The molecule has 3 atom stereocenters. The minimum Gasteiger partial charge on any atom is -0.349 e. The van der Waals surface area contributed by atoms with Crippen molar-refractivity contribution in [1.82, 2.24) is 0 Å². The molecule has 6 nitrogen and oxygen atoms in total. The summed E-state index contributed by atoms with van der Waals surface area (Å²) in [4.78, 5) is 56.0. The van der Waals surface area contributed by atoms with E-state index in [1.165, 1.54) is 0 Å². The topological polar surface area (TPSA) is 80.8 Å². The van der Waals surface area contributed by atoms with Gasteiger partial charge in [-0.1, -0.05) is 66.7 Å². The van der Waals surface area contributed by atoms with E-state index in [0.717, 1.165) is 10.5 Å². The minimum atomic E-state index is -2.04. The number of fused-ring (bicyclic) bond motifs is 3. The second-order valence-electron chi connectivity index (χ2n) is 8.74. The summed E-state index contributed by atoms with van der Waals surface area (Å²) in [6.45, 7) is 1.87. The number of rotatable bonds is 2. The van der Waals surface area contributed by atoms with Gasteiger partial charge in [-0.05, 0) is 30.2 Å². The van der Waals surface area contributed by atoms with Crippen LogP contribution >= 0.6 is 0 Å². The molecule has 2 aliphatic heterocycles. The quantitative estimate of drug-likeness (QED) is 0.451. The fourth-order valence-electron chi connectivity index (χ4n) is 5.48. The van der Waals surface area contributed by atoms with E-state index in [4.69, 9.17) is 4.74 Å². The number of ether oxygens (including phenoxy) is 1. The average Bonchev–Trinajstić information content (AvgIpc) is 3.40. The molecule has 3 aromatic rings. The molecule has 3 aromatic carbocycles. The molecule has 1 spiro atoms. The third-order valence-corrected chi connectivity index (χ3v) is 6.91. The summed E-state index contributed by atoms with van der Waals surface area (Å²) in [6, 6.07) is 22.5. The SMILES string of the molecule is Cc1cccc(N2C(=O)[C@@H]3[C@@H](c4ccccc4)OC4(C(=O)c5ccccc5C4=O)[C@@H]3C2=O)c1. The number of Topliss-reactive ketones (excluding diaryl/α,β-unsaturated/α-hetero) is 2. The number of benzene rings is 3. The van der Waals surface area contributed by atoms with Crippen LogP contribution in [0.1, 0.15) is 37.9 Å². The maximum absolute atomic E-state index is 13.8. The van der Waals surface area contributed by atoms with Crippen molar-refractivity contribution in [3.05, 3.63) is 101 Å². The van der Waals surface area contributed by atoms with E-state index in [1.807, 2.05) is 19.1 Å². The van der Waals surface area contributed by atoms with Gasteiger partial charge in [-0.25, -0.2) is 4.90 Å². The lowest BCUT2D eigenvalue weighted by Gasteiger charge is -2.27. The second kappa shape index (κ2) is 6.80. The molecule has 0 saturated carbocycles. The van der Waals surface area contributed by atoms with Crippen molar-refractivity contribution in [1.29, 1.82) is 0 Å². The first-order valence-electron chi connectivity index (χ1n) is 10.8. The van der Waals surface area contributed by atoms with Gasteiger partial charge in [-0.3, -0.25) is 19.2 Å². The molecule has 0 unspecified atom stereocenters. The van der Waals surface area contributed by atoms with Crippen LogP contribution in [0.15, 0.2) is 78.9 Å². The molecule has 162 valence electrons. The number of imide groups is 1. The first-order valence-corrected chi connectivity index (χ1v) is 10.8. The Morgan fingerprint density at radius 3 is 2.03 bits per heavy atom. The number of nitrogens with zero attached hydrogens (tertiary/aromatic N) is 1. The molecule has 2 amide bonds. The van der Waals surface area contributed by atoms with E-state index in [9.17, 15) is 19.2 Å². The average molecular weight is 437 g/mol. The van der Waals surface area contributed by atoms with Crippen molar-refractivity contribution in [3.8, 4) is 0 Å². The third kappa shape index (κ3) is 2.47. The third-order valence-electron chi connectivity index (χ3n) is 6.91. The Bertz CT molecular complexity index is 1330. The second-order valence-corrected chi connectivity index (χ2v) is 8.74. The van der Waals surface area contributed by atoms with Crippen molar-refractivity contribution in [2.75, 3.05) is 4.90 Å². The molecule has 0 radical (unpaired) electrons. The van der Waals surface area contributed by atoms with E-state index in [-0.39, 0.29) is 11.1 Å². The molecule has 6 heteroatoms. The van der Waals surface area contributed by atoms with Crippen molar-refractivity contribution >= 4 is 29.1 Å². The van der Waals surface area contributed by atoms with Crippen LogP contribution in [0.4, 0.5) is 5.69 Å². The van der Waals surface area contributed by atoms with Gasteiger partial charge in [0.15, 0.2) is 0 Å². The Balaban J connectivity index is 1.56. The summed E-state index contributed by atoms with van der Waals surface area (Å²) in [5.74, 6) is -4.36. The van der Waals surface area contributed by atoms with E-state index >= 15 is 0 Å². The first-order chi connectivity index (χ1) is 15.9. The van der Waals surface area contributed by atoms with Gasteiger partial charge in [0.1, 0.15) is 0 Å². The summed E-state index contributed by atoms with van der Waals surface area (Å²) in [5, 5.41) is 0. The number of aryl methyl sites for hydroxylation is 1. The van der Waals surface area contributed by atoms with Crippen LogP contribution in [-0.4, -0.2) is 29.0 Å². The highest BCUT2D eigenvalue weighted by atomic mass is 16.5. The molecular weight excluding hydrogens is 418 g/mol. The number of anilines is 1. The predicted molar refractivity (Wildman–Crippen MR) is 119 cm³/mol. The monoisotopic (exact) mass is 437 g/mol. The summed E-state index contributed by atoms with van der Waals surface area (Å²) >= 11 is 0. The lowest BCUT2D eigenvalue weighted by molar-refractivity contribution is -0.127. The van der Waals surface area contributed by atoms with Crippen LogP contribution in [0.3, 0.4) is 0 Å². The maximum Gasteiger partial charge on any atom is 0.241 e. The highest BCUT2D eigenvalue weighted by Gasteiger charge is 2.74. The molecule has 2 heterocycles. The van der Waals surface area contributed by atoms with Gasteiger partial charge in [0, 0.05) is 11.1 Å². The Kier molecular flexibility index (Phi) is 4.07.